The Morgan fingerprint density at radius 3 is 2.14 bits per heavy atom. The first kappa shape index (κ1) is 15.6. The van der Waals surface area contributed by atoms with Crippen LogP contribution < -0.4 is 16.7 Å². The van der Waals surface area contributed by atoms with Crippen molar-refractivity contribution in [3.05, 3.63) is 26.5 Å². The molecule has 2 aromatic rings. The molecule has 9 nitrogen and oxygen atoms in total. The number of aryl methyl sites for hydroxylation is 2. The van der Waals surface area contributed by atoms with Crippen LogP contribution >= 0.6 is 7.60 Å². The maximum Gasteiger partial charge on any atom is 0.380 e. The van der Waals surface area contributed by atoms with Gasteiger partial charge in [0.15, 0.2) is 16.6 Å². The van der Waals surface area contributed by atoms with E-state index in [1.807, 2.05) is 0 Å². The minimum absolute atomic E-state index is 0.0456. The van der Waals surface area contributed by atoms with Crippen molar-refractivity contribution < 1.29 is 13.6 Å². The van der Waals surface area contributed by atoms with E-state index in [1.165, 1.54) is 32.9 Å². The highest BCUT2D eigenvalue weighted by atomic mass is 31.2. The van der Waals surface area contributed by atoms with Crippen LogP contribution in [0.4, 0.5) is 0 Å². The second-order valence-corrected chi connectivity index (χ2v) is 6.52. The fraction of sp³-hybridized carbons (Fsp3) is 0.455. The van der Waals surface area contributed by atoms with Crippen LogP contribution in [-0.2, 0) is 27.7 Å². The lowest BCUT2D eigenvalue weighted by Crippen LogP contribution is -2.39. The fourth-order valence-electron chi connectivity index (χ4n) is 1.94. The number of hydrogen-bond donors (Lipinski definition) is 0. The molecule has 0 bridgehead atoms. The maximum atomic E-state index is 12.4. The van der Waals surface area contributed by atoms with Crippen LogP contribution in [-0.4, -0.2) is 33.3 Å². The summed E-state index contributed by atoms with van der Waals surface area (Å²) in [5.74, 6) is 0. The zero-order chi connectivity index (χ0) is 15.9. The molecule has 114 valence electrons. The van der Waals surface area contributed by atoms with Crippen molar-refractivity contribution in [3.63, 3.8) is 0 Å². The molecule has 0 radical (unpaired) electrons. The highest BCUT2D eigenvalue weighted by Crippen LogP contribution is 2.45. The number of fused-ring (bicyclic) bond motifs is 1. The minimum Gasteiger partial charge on any atom is -0.307 e. The Hall–Kier alpha value is -1.83. The Bertz CT molecular complexity index is 877. The molecule has 2 aromatic heterocycles. The van der Waals surface area contributed by atoms with Gasteiger partial charge in [-0.25, -0.2) is 14.8 Å². The van der Waals surface area contributed by atoms with Gasteiger partial charge in [0.2, 0.25) is 0 Å². The van der Waals surface area contributed by atoms with Crippen molar-refractivity contribution in [2.24, 2.45) is 14.1 Å². The lowest BCUT2D eigenvalue weighted by Gasteiger charge is -2.15. The van der Waals surface area contributed by atoms with Gasteiger partial charge in [0, 0.05) is 28.3 Å². The first-order valence-corrected chi connectivity index (χ1v) is 7.47. The third-order valence-electron chi connectivity index (χ3n) is 3.17. The van der Waals surface area contributed by atoms with E-state index in [0.717, 1.165) is 4.57 Å². The van der Waals surface area contributed by atoms with Gasteiger partial charge >= 0.3 is 13.3 Å². The molecular weight excluding hydrogens is 299 g/mol. The average Bonchev–Trinajstić information content (AvgIpc) is 2.49. The van der Waals surface area contributed by atoms with Gasteiger partial charge in [-0.2, -0.15) is 0 Å². The predicted octanol–water partition coefficient (Wildman–Crippen LogP) is -0.553. The van der Waals surface area contributed by atoms with E-state index in [-0.39, 0.29) is 22.3 Å². The molecule has 21 heavy (non-hydrogen) atoms. The van der Waals surface area contributed by atoms with Crippen LogP contribution in [0.3, 0.4) is 0 Å². The minimum atomic E-state index is -3.65. The highest BCUT2D eigenvalue weighted by molar-refractivity contribution is 7.62. The smallest absolute Gasteiger partial charge is 0.307 e. The number of rotatable bonds is 3. The van der Waals surface area contributed by atoms with Gasteiger partial charge in [-0.15, -0.1) is 0 Å². The maximum absolute atomic E-state index is 12.4. The average molecular weight is 314 g/mol. The zero-order valence-corrected chi connectivity index (χ0v) is 13.2. The summed E-state index contributed by atoms with van der Waals surface area (Å²) in [6.45, 7) is 1.55. The largest absolute Gasteiger partial charge is 0.380 e. The monoisotopic (exact) mass is 314 g/mol. The second kappa shape index (κ2) is 5.18. The predicted molar refractivity (Wildman–Crippen MR) is 76.0 cm³/mol. The third-order valence-corrected chi connectivity index (χ3v) is 5.07. The van der Waals surface area contributed by atoms with E-state index in [0.29, 0.717) is 0 Å². The van der Waals surface area contributed by atoms with Gasteiger partial charge in [-0.05, 0) is 6.92 Å². The van der Waals surface area contributed by atoms with Gasteiger partial charge in [0.1, 0.15) is 0 Å². The molecule has 2 heterocycles. The fourth-order valence-corrected chi connectivity index (χ4v) is 3.11. The Balaban J connectivity index is 2.99. The van der Waals surface area contributed by atoms with E-state index >= 15 is 0 Å². The van der Waals surface area contributed by atoms with Crippen molar-refractivity contribution in [2.45, 2.75) is 6.92 Å². The molecule has 10 heteroatoms. The first-order chi connectivity index (χ1) is 9.76. The number of hydrogen-bond acceptors (Lipinski definition) is 7. The molecule has 0 aliphatic heterocycles. The molecule has 0 fully saturated rings. The molecule has 2 rings (SSSR count). The van der Waals surface area contributed by atoms with E-state index in [9.17, 15) is 14.2 Å². The van der Waals surface area contributed by atoms with Crippen LogP contribution in [0.25, 0.3) is 11.2 Å². The lowest BCUT2D eigenvalue weighted by atomic mass is 10.4. The van der Waals surface area contributed by atoms with Crippen LogP contribution in [0.1, 0.15) is 5.69 Å². The number of nitrogens with zero attached hydrogens (tertiary/aromatic N) is 4. The second-order valence-electron chi connectivity index (χ2n) is 4.37. The van der Waals surface area contributed by atoms with E-state index in [2.05, 4.69) is 9.97 Å². The topological polar surface area (TPSA) is 105 Å². The molecule has 0 saturated heterocycles. The van der Waals surface area contributed by atoms with Crippen LogP contribution in [0.5, 0.6) is 0 Å². The summed E-state index contributed by atoms with van der Waals surface area (Å²) in [6, 6.07) is 0. The summed E-state index contributed by atoms with van der Waals surface area (Å²) >= 11 is 0. The molecule has 0 spiro atoms. The van der Waals surface area contributed by atoms with Crippen molar-refractivity contribution in [3.8, 4) is 0 Å². The van der Waals surface area contributed by atoms with E-state index < -0.39 is 18.8 Å². The molecule has 0 aliphatic carbocycles. The molecule has 0 amide bonds. The standard InChI is InChI=1S/C11H15N4O5P/c1-6-9(21(18,19-4)20-5)13-7-8(12-6)14(2)11(17)15(3)10(7)16/h1-5H3. The summed E-state index contributed by atoms with van der Waals surface area (Å²) in [4.78, 5) is 32.2. The molecule has 0 aromatic carbocycles. The zero-order valence-electron chi connectivity index (χ0n) is 12.3. The van der Waals surface area contributed by atoms with Crippen molar-refractivity contribution in [2.75, 3.05) is 14.2 Å². The van der Waals surface area contributed by atoms with Crippen molar-refractivity contribution in [1.82, 2.24) is 19.1 Å². The van der Waals surface area contributed by atoms with E-state index in [4.69, 9.17) is 9.05 Å². The molecule has 0 saturated carbocycles. The summed E-state index contributed by atoms with van der Waals surface area (Å²) in [5, 5.41) is 0. The van der Waals surface area contributed by atoms with Crippen molar-refractivity contribution >= 4 is 24.2 Å². The van der Waals surface area contributed by atoms with Gasteiger partial charge in [0.05, 0.1) is 5.69 Å². The Labute approximate surface area is 119 Å². The van der Waals surface area contributed by atoms with Gasteiger partial charge in [-0.1, -0.05) is 0 Å². The molecular formula is C11H15N4O5P. The van der Waals surface area contributed by atoms with Crippen molar-refractivity contribution in [1.29, 1.82) is 0 Å². The highest BCUT2D eigenvalue weighted by Gasteiger charge is 2.30. The summed E-state index contributed by atoms with van der Waals surface area (Å²) < 4.78 is 24.3. The van der Waals surface area contributed by atoms with Crippen LogP contribution in [0, 0.1) is 6.92 Å². The normalized spacial score (nSPS) is 12.0. The lowest BCUT2D eigenvalue weighted by molar-refractivity contribution is 0.286. The SMILES string of the molecule is COP(=O)(OC)c1nc2c(=O)n(C)c(=O)n(C)c2nc1C. The first-order valence-electron chi connectivity index (χ1n) is 5.93. The molecule has 0 unspecified atom stereocenters. The molecule has 0 N–H and O–H groups in total. The Morgan fingerprint density at radius 2 is 1.62 bits per heavy atom. The Kier molecular flexibility index (Phi) is 3.83. The summed E-state index contributed by atoms with van der Waals surface area (Å²) in [6.07, 6.45) is 0. The molecule has 0 atom stereocenters. The summed E-state index contributed by atoms with van der Waals surface area (Å²) in [5.41, 5.74) is -0.887. The molecule has 0 aliphatic rings. The van der Waals surface area contributed by atoms with Crippen LogP contribution in [0.2, 0.25) is 0 Å². The van der Waals surface area contributed by atoms with Gasteiger partial charge in [0.25, 0.3) is 5.56 Å². The quantitative estimate of drug-likeness (QED) is 0.700. The third kappa shape index (κ3) is 2.23. The van der Waals surface area contributed by atoms with Gasteiger partial charge in [-0.3, -0.25) is 18.5 Å². The number of aromatic nitrogens is 4. The van der Waals surface area contributed by atoms with Gasteiger partial charge < -0.3 is 9.05 Å². The van der Waals surface area contributed by atoms with E-state index in [1.54, 1.807) is 6.92 Å². The van der Waals surface area contributed by atoms with Crippen LogP contribution in [0.15, 0.2) is 9.59 Å². The summed E-state index contributed by atoms with van der Waals surface area (Å²) in [7, 11) is 1.59. The Morgan fingerprint density at radius 1 is 1.05 bits per heavy atom.